The lowest BCUT2D eigenvalue weighted by molar-refractivity contribution is 0.390. The summed E-state index contributed by atoms with van der Waals surface area (Å²) in [4.78, 5) is 0. The van der Waals surface area contributed by atoms with Crippen LogP contribution in [0.1, 0.15) is 17.2 Å². The molecule has 0 spiro atoms. The average Bonchev–Trinajstić information content (AvgIpc) is 2.83. The molecule has 0 aliphatic carbocycles. The van der Waals surface area contributed by atoms with E-state index in [0.717, 1.165) is 16.9 Å². The summed E-state index contributed by atoms with van der Waals surface area (Å²) < 4.78 is 12.2. The van der Waals surface area contributed by atoms with E-state index in [2.05, 4.69) is 5.10 Å². The lowest BCUT2D eigenvalue weighted by atomic mass is 10.0. The van der Waals surface area contributed by atoms with Gasteiger partial charge in [-0.05, 0) is 12.1 Å². The van der Waals surface area contributed by atoms with Crippen LogP contribution in [0.25, 0.3) is 0 Å². The van der Waals surface area contributed by atoms with Gasteiger partial charge in [0.05, 0.1) is 26.5 Å². The van der Waals surface area contributed by atoms with Crippen LogP contribution in [0.2, 0.25) is 0 Å². The minimum absolute atomic E-state index is 0.264. The van der Waals surface area contributed by atoms with Crippen LogP contribution in [0.3, 0.4) is 0 Å². The predicted octanol–water partition coefficient (Wildman–Crippen LogP) is 1.49. The highest BCUT2D eigenvalue weighted by molar-refractivity contribution is 5.45. The Labute approximate surface area is 106 Å². The van der Waals surface area contributed by atoms with Crippen molar-refractivity contribution in [2.45, 2.75) is 6.04 Å². The number of ether oxygens (including phenoxy) is 2. The van der Waals surface area contributed by atoms with Crippen molar-refractivity contribution in [3.05, 3.63) is 41.7 Å². The number of nitrogens with two attached hydrogens (primary N) is 1. The van der Waals surface area contributed by atoms with Crippen LogP contribution in [-0.4, -0.2) is 24.0 Å². The third kappa shape index (κ3) is 2.31. The highest BCUT2D eigenvalue weighted by Gasteiger charge is 2.16. The number of hydrogen-bond acceptors (Lipinski definition) is 4. The maximum absolute atomic E-state index is 6.22. The van der Waals surface area contributed by atoms with Crippen LogP contribution in [0.5, 0.6) is 11.5 Å². The van der Waals surface area contributed by atoms with E-state index in [1.165, 1.54) is 0 Å². The monoisotopic (exact) mass is 247 g/mol. The molecule has 1 unspecified atom stereocenters. The van der Waals surface area contributed by atoms with Crippen molar-refractivity contribution in [1.82, 2.24) is 9.78 Å². The standard InChI is InChI=1S/C13H17N3O2/c1-16-8-9(7-15-16)13(14)11-5-4-10(17-2)6-12(11)18-3/h4-8,13H,14H2,1-3H3. The van der Waals surface area contributed by atoms with Gasteiger partial charge < -0.3 is 15.2 Å². The Morgan fingerprint density at radius 1 is 1.28 bits per heavy atom. The third-order valence-corrected chi connectivity index (χ3v) is 2.86. The molecule has 0 bridgehead atoms. The number of hydrogen-bond donors (Lipinski definition) is 1. The van der Waals surface area contributed by atoms with Gasteiger partial charge in [0.1, 0.15) is 11.5 Å². The molecule has 0 fully saturated rings. The lowest BCUT2D eigenvalue weighted by Crippen LogP contribution is -2.12. The molecule has 1 atom stereocenters. The Morgan fingerprint density at radius 3 is 2.61 bits per heavy atom. The minimum atomic E-state index is -0.264. The second kappa shape index (κ2) is 5.10. The van der Waals surface area contributed by atoms with Crippen molar-refractivity contribution in [2.24, 2.45) is 12.8 Å². The fourth-order valence-corrected chi connectivity index (χ4v) is 1.86. The zero-order valence-corrected chi connectivity index (χ0v) is 10.8. The molecule has 18 heavy (non-hydrogen) atoms. The van der Waals surface area contributed by atoms with Crippen molar-refractivity contribution in [2.75, 3.05) is 14.2 Å². The van der Waals surface area contributed by atoms with E-state index in [1.807, 2.05) is 31.4 Å². The quantitative estimate of drug-likeness (QED) is 0.889. The molecular weight excluding hydrogens is 230 g/mol. The summed E-state index contributed by atoms with van der Waals surface area (Å²) in [5.74, 6) is 1.46. The molecule has 2 aromatic rings. The first-order chi connectivity index (χ1) is 8.65. The van der Waals surface area contributed by atoms with E-state index in [-0.39, 0.29) is 6.04 Å². The number of nitrogens with zero attached hydrogens (tertiary/aromatic N) is 2. The molecule has 0 radical (unpaired) electrons. The lowest BCUT2D eigenvalue weighted by Gasteiger charge is -2.15. The Bertz CT molecular complexity index is 537. The maximum atomic E-state index is 6.22. The minimum Gasteiger partial charge on any atom is -0.497 e. The van der Waals surface area contributed by atoms with E-state index < -0.39 is 0 Å². The first-order valence-electron chi connectivity index (χ1n) is 5.61. The number of rotatable bonds is 4. The second-order valence-corrected chi connectivity index (χ2v) is 4.03. The summed E-state index contributed by atoms with van der Waals surface area (Å²) in [7, 11) is 5.10. The molecule has 5 heteroatoms. The molecule has 0 amide bonds. The SMILES string of the molecule is COc1ccc(C(N)c2cnn(C)c2)c(OC)c1. The first kappa shape index (κ1) is 12.4. The zero-order chi connectivity index (χ0) is 13.1. The van der Waals surface area contributed by atoms with Gasteiger partial charge >= 0.3 is 0 Å². The van der Waals surface area contributed by atoms with E-state index >= 15 is 0 Å². The van der Waals surface area contributed by atoms with E-state index in [1.54, 1.807) is 25.1 Å². The largest absolute Gasteiger partial charge is 0.497 e. The summed E-state index contributed by atoms with van der Waals surface area (Å²) in [6.07, 6.45) is 3.66. The highest BCUT2D eigenvalue weighted by Crippen LogP contribution is 2.31. The summed E-state index contributed by atoms with van der Waals surface area (Å²) in [6.45, 7) is 0. The maximum Gasteiger partial charge on any atom is 0.127 e. The first-order valence-corrected chi connectivity index (χ1v) is 5.61. The molecule has 2 rings (SSSR count). The molecule has 2 N–H and O–H groups in total. The Morgan fingerprint density at radius 2 is 2.06 bits per heavy atom. The predicted molar refractivity (Wildman–Crippen MR) is 68.8 cm³/mol. The fraction of sp³-hybridized carbons (Fsp3) is 0.308. The Hall–Kier alpha value is -2.01. The van der Waals surface area contributed by atoms with Crippen molar-refractivity contribution < 1.29 is 9.47 Å². The smallest absolute Gasteiger partial charge is 0.127 e. The van der Waals surface area contributed by atoms with Crippen molar-refractivity contribution >= 4 is 0 Å². The van der Waals surface area contributed by atoms with Gasteiger partial charge in [0.2, 0.25) is 0 Å². The molecule has 0 saturated carbocycles. The van der Waals surface area contributed by atoms with Gasteiger partial charge in [0.25, 0.3) is 0 Å². The van der Waals surface area contributed by atoms with Crippen LogP contribution in [0.4, 0.5) is 0 Å². The summed E-state index contributed by atoms with van der Waals surface area (Å²) in [6, 6.07) is 5.34. The van der Waals surface area contributed by atoms with Crippen molar-refractivity contribution in [3.63, 3.8) is 0 Å². The molecule has 0 aliphatic heterocycles. The van der Waals surface area contributed by atoms with Crippen molar-refractivity contribution in [3.8, 4) is 11.5 Å². The van der Waals surface area contributed by atoms with E-state index in [4.69, 9.17) is 15.2 Å². The van der Waals surface area contributed by atoms with Gasteiger partial charge in [0.15, 0.2) is 0 Å². The number of aromatic nitrogens is 2. The second-order valence-electron chi connectivity index (χ2n) is 4.03. The molecule has 1 aromatic heterocycles. The van der Waals surface area contributed by atoms with Gasteiger partial charge in [0, 0.05) is 30.4 Å². The summed E-state index contributed by atoms with van der Waals surface area (Å²) >= 11 is 0. The van der Waals surface area contributed by atoms with Crippen LogP contribution in [0.15, 0.2) is 30.6 Å². The molecule has 1 aromatic carbocycles. The topological polar surface area (TPSA) is 62.3 Å². The van der Waals surface area contributed by atoms with Crippen LogP contribution in [-0.2, 0) is 7.05 Å². The molecule has 5 nitrogen and oxygen atoms in total. The van der Waals surface area contributed by atoms with Gasteiger partial charge in [-0.2, -0.15) is 5.10 Å². The van der Waals surface area contributed by atoms with Crippen LogP contribution >= 0.6 is 0 Å². The van der Waals surface area contributed by atoms with Gasteiger partial charge in [-0.3, -0.25) is 4.68 Å². The Balaban J connectivity index is 2.38. The van der Waals surface area contributed by atoms with Gasteiger partial charge in [-0.25, -0.2) is 0 Å². The van der Waals surface area contributed by atoms with Gasteiger partial charge in [-0.1, -0.05) is 0 Å². The Kier molecular flexibility index (Phi) is 3.53. The summed E-state index contributed by atoms with van der Waals surface area (Å²) in [5.41, 5.74) is 8.08. The zero-order valence-electron chi connectivity index (χ0n) is 10.8. The molecular formula is C13H17N3O2. The summed E-state index contributed by atoms with van der Waals surface area (Å²) in [5, 5.41) is 4.12. The number of methoxy groups -OCH3 is 2. The van der Waals surface area contributed by atoms with Crippen molar-refractivity contribution in [1.29, 1.82) is 0 Å². The molecule has 96 valence electrons. The van der Waals surface area contributed by atoms with Crippen LogP contribution < -0.4 is 15.2 Å². The van der Waals surface area contributed by atoms with Crippen LogP contribution in [0, 0.1) is 0 Å². The third-order valence-electron chi connectivity index (χ3n) is 2.86. The molecule has 0 aliphatic rings. The fourth-order valence-electron chi connectivity index (χ4n) is 1.86. The average molecular weight is 247 g/mol. The van der Waals surface area contributed by atoms with E-state index in [9.17, 15) is 0 Å². The van der Waals surface area contributed by atoms with E-state index in [0.29, 0.717) is 5.75 Å². The number of aryl methyl sites for hydroxylation is 1. The normalized spacial score (nSPS) is 12.2. The van der Waals surface area contributed by atoms with Gasteiger partial charge in [-0.15, -0.1) is 0 Å². The number of benzene rings is 1. The highest BCUT2D eigenvalue weighted by atomic mass is 16.5. The molecule has 1 heterocycles. The molecule has 0 saturated heterocycles.